The fourth-order valence-electron chi connectivity index (χ4n) is 3.72. The molecule has 2 heterocycles. The Labute approximate surface area is 138 Å². The van der Waals surface area contributed by atoms with Crippen molar-refractivity contribution in [2.45, 2.75) is 51.7 Å². The molecule has 2 aliphatic rings. The first kappa shape index (κ1) is 14.5. The lowest BCUT2D eigenvalue weighted by atomic mass is 9.81. The van der Waals surface area contributed by atoms with Crippen LogP contribution in [0.2, 0.25) is 0 Å². The minimum absolute atomic E-state index is 0.0881. The topological polar surface area (TPSA) is 21.6 Å². The lowest BCUT2D eigenvalue weighted by Gasteiger charge is -2.30. The predicted molar refractivity (Wildman–Crippen MR) is 93.6 cm³/mol. The molecule has 0 saturated carbocycles. The maximum atomic E-state index is 6.09. The largest absolute Gasteiger partial charge is 0.487 e. The van der Waals surface area contributed by atoms with Crippen LogP contribution in [0.25, 0.3) is 0 Å². The number of hydrogen-bond donors (Lipinski definition) is 0. The van der Waals surface area contributed by atoms with E-state index in [1.165, 1.54) is 22.3 Å². The van der Waals surface area contributed by atoms with Crippen LogP contribution in [0.3, 0.4) is 0 Å². The Hall–Kier alpha value is -2.09. The molecule has 2 aromatic carbocycles. The number of ether oxygens (including phenoxy) is 1. The molecule has 0 bridgehead atoms. The van der Waals surface area contributed by atoms with Crippen molar-refractivity contribution < 1.29 is 4.74 Å². The third-order valence-electron chi connectivity index (χ3n) is 4.58. The van der Waals surface area contributed by atoms with Crippen LogP contribution in [0.1, 0.15) is 49.9 Å². The Morgan fingerprint density at radius 1 is 1.04 bits per heavy atom. The van der Waals surface area contributed by atoms with Crippen molar-refractivity contribution in [3.63, 3.8) is 0 Å². The summed E-state index contributed by atoms with van der Waals surface area (Å²) >= 11 is 0. The maximum Gasteiger partial charge on any atom is 0.132 e. The molecule has 1 radical (unpaired) electrons. The molecule has 0 spiro atoms. The van der Waals surface area contributed by atoms with Crippen LogP contribution in [0.15, 0.2) is 41.4 Å². The first-order chi connectivity index (χ1) is 10.8. The summed E-state index contributed by atoms with van der Waals surface area (Å²) in [4.78, 5) is 5.10. The van der Waals surface area contributed by atoms with Crippen LogP contribution in [-0.2, 0) is 12.8 Å². The third kappa shape index (κ3) is 2.46. The van der Waals surface area contributed by atoms with Crippen molar-refractivity contribution in [1.29, 1.82) is 0 Å². The van der Waals surface area contributed by atoms with E-state index in [0.717, 1.165) is 24.3 Å². The fourth-order valence-corrected chi connectivity index (χ4v) is 3.72. The van der Waals surface area contributed by atoms with E-state index in [1.54, 1.807) is 0 Å². The van der Waals surface area contributed by atoms with Crippen LogP contribution in [-0.4, -0.2) is 16.9 Å². The third-order valence-corrected chi connectivity index (χ3v) is 4.58. The SMILES string of the molecule is CC1(C)Cc2c[c]c3c(c2C(c2ccccc2)=N1)CC(C)(C)O3. The average molecular weight is 304 g/mol. The van der Waals surface area contributed by atoms with Crippen molar-refractivity contribution in [2.75, 3.05) is 0 Å². The van der Waals surface area contributed by atoms with Crippen molar-refractivity contribution in [2.24, 2.45) is 4.99 Å². The molecule has 2 aromatic rings. The highest BCUT2D eigenvalue weighted by atomic mass is 16.5. The molecule has 23 heavy (non-hydrogen) atoms. The van der Waals surface area contributed by atoms with Gasteiger partial charge in [-0.2, -0.15) is 0 Å². The monoisotopic (exact) mass is 304 g/mol. The van der Waals surface area contributed by atoms with E-state index in [2.05, 4.69) is 64.1 Å². The Bertz CT molecular complexity index is 800. The van der Waals surface area contributed by atoms with Crippen LogP contribution in [0.4, 0.5) is 0 Å². The Morgan fingerprint density at radius 2 is 1.78 bits per heavy atom. The van der Waals surface area contributed by atoms with Crippen LogP contribution >= 0.6 is 0 Å². The van der Waals surface area contributed by atoms with E-state index >= 15 is 0 Å². The number of benzene rings is 2. The summed E-state index contributed by atoms with van der Waals surface area (Å²) in [7, 11) is 0. The van der Waals surface area contributed by atoms with Gasteiger partial charge in [0.25, 0.3) is 0 Å². The molecule has 4 rings (SSSR count). The van der Waals surface area contributed by atoms with E-state index in [-0.39, 0.29) is 11.1 Å². The van der Waals surface area contributed by atoms with Crippen molar-refractivity contribution >= 4 is 5.71 Å². The zero-order valence-corrected chi connectivity index (χ0v) is 14.2. The quantitative estimate of drug-likeness (QED) is 0.766. The van der Waals surface area contributed by atoms with Gasteiger partial charge >= 0.3 is 0 Å². The number of hydrogen-bond acceptors (Lipinski definition) is 2. The highest BCUT2D eigenvalue weighted by molar-refractivity contribution is 6.15. The summed E-state index contributed by atoms with van der Waals surface area (Å²) in [5.41, 5.74) is 5.91. The molecule has 117 valence electrons. The van der Waals surface area contributed by atoms with E-state index < -0.39 is 0 Å². The second-order valence-corrected chi connectivity index (χ2v) is 7.85. The Balaban J connectivity index is 1.95. The number of rotatable bonds is 1. The number of nitrogens with zero attached hydrogens (tertiary/aromatic N) is 1. The molecular formula is C21H22NO. The molecule has 0 unspecified atom stereocenters. The van der Waals surface area contributed by atoms with E-state index in [4.69, 9.17) is 9.73 Å². The van der Waals surface area contributed by atoms with E-state index in [1.807, 2.05) is 6.07 Å². The normalized spacial score (nSPS) is 20.3. The van der Waals surface area contributed by atoms with Crippen molar-refractivity contribution in [3.05, 3.63) is 64.7 Å². The van der Waals surface area contributed by atoms with Gasteiger partial charge in [0.2, 0.25) is 0 Å². The van der Waals surface area contributed by atoms with Crippen molar-refractivity contribution in [3.8, 4) is 5.75 Å². The molecule has 0 aliphatic carbocycles. The smallest absolute Gasteiger partial charge is 0.132 e. The molecule has 2 heteroatoms. The molecule has 0 fully saturated rings. The van der Waals surface area contributed by atoms with E-state index in [0.29, 0.717) is 0 Å². The lowest BCUT2D eigenvalue weighted by Crippen LogP contribution is -2.30. The van der Waals surface area contributed by atoms with Gasteiger partial charge in [-0.25, -0.2) is 0 Å². The second-order valence-electron chi connectivity index (χ2n) is 7.85. The average Bonchev–Trinajstić information content (AvgIpc) is 2.80. The highest BCUT2D eigenvalue weighted by Crippen LogP contribution is 2.41. The molecule has 0 N–H and O–H groups in total. The predicted octanol–water partition coefficient (Wildman–Crippen LogP) is 4.37. The summed E-state index contributed by atoms with van der Waals surface area (Å²) in [6, 6.07) is 16.0. The summed E-state index contributed by atoms with van der Waals surface area (Å²) in [6.07, 6.45) is 1.86. The van der Waals surface area contributed by atoms with Gasteiger partial charge in [-0.05, 0) is 45.7 Å². The number of fused-ring (bicyclic) bond motifs is 3. The highest BCUT2D eigenvalue weighted by Gasteiger charge is 2.37. The maximum absolute atomic E-state index is 6.09. The van der Waals surface area contributed by atoms with E-state index in [9.17, 15) is 0 Å². The van der Waals surface area contributed by atoms with Gasteiger partial charge in [0, 0.05) is 29.2 Å². The van der Waals surface area contributed by atoms with Crippen LogP contribution < -0.4 is 4.74 Å². The van der Waals surface area contributed by atoms with Gasteiger partial charge in [-0.15, -0.1) is 0 Å². The van der Waals surface area contributed by atoms with Crippen LogP contribution in [0, 0.1) is 6.07 Å². The zero-order chi connectivity index (χ0) is 16.2. The van der Waals surface area contributed by atoms with Gasteiger partial charge in [-0.3, -0.25) is 4.99 Å². The molecule has 0 saturated heterocycles. The first-order valence-electron chi connectivity index (χ1n) is 8.26. The van der Waals surface area contributed by atoms with Gasteiger partial charge in [0.15, 0.2) is 0 Å². The Kier molecular flexibility index (Phi) is 2.96. The zero-order valence-electron chi connectivity index (χ0n) is 14.2. The van der Waals surface area contributed by atoms with Crippen LogP contribution in [0.5, 0.6) is 5.75 Å². The fraction of sp³-hybridized carbons (Fsp3) is 0.381. The Morgan fingerprint density at radius 3 is 2.52 bits per heavy atom. The molecule has 0 amide bonds. The molecule has 0 atom stereocenters. The van der Waals surface area contributed by atoms with Crippen molar-refractivity contribution in [1.82, 2.24) is 0 Å². The summed E-state index contributed by atoms with van der Waals surface area (Å²) in [5, 5.41) is 0. The lowest BCUT2D eigenvalue weighted by molar-refractivity contribution is 0.138. The van der Waals surface area contributed by atoms with Gasteiger partial charge in [0.1, 0.15) is 11.4 Å². The molecular weight excluding hydrogens is 282 g/mol. The van der Waals surface area contributed by atoms with Gasteiger partial charge < -0.3 is 4.74 Å². The van der Waals surface area contributed by atoms with Gasteiger partial charge in [0.05, 0.1) is 11.3 Å². The molecule has 0 aromatic heterocycles. The first-order valence-corrected chi connectivity index (χ1v) is 8.26. The standard InChI is InChI=1S/C21H22NO/c1-20(2)12-15-10-11-17-16(13-21(3,4)23-17)18(15)19(22-20)14-8-6-5-7-9-14/h5-10H,12-13H2,1-4H3. The summed E-state index contributed by atoms with van der Waals surface area (Å²) in [5.74, 6) is 0.900. The molecule has 2 nitrogen and oxygen atoms in total. The second kappa shape index (κ2) is 4.70. The number of aliphatic imine (C=N–C) groups is 1. The minimum Gasteiger partial charge on any atom is -0.487 e. The summed E-state index contributed by atoms with van der Waals surface area (Å²) in [6.45, 7) is 8.68. The summed E-state index contributed by atoms with van der Waals surface area (Å²) < 4.78 is 6.09. The van der Waals surface area contributed by atoms with Gasteiger partial charge in [-0.1, -0.05) is 30.3 Å². The minimum atomic E-state index is -0.164. The molecule has 2 aliphatic heterocycles.